The van der Waals surface area contributed by atoms with Crippen LogP contribution in [0.25, 0.3) is 0 Å². The molecule has 32 heavy (non-hydrogen) atoms. The molecule has 170 valence electrons. The first-order chi connectivity index (χ1) is 15.5. The second kappa shape index (κ2) is 9.91. The second-order valence-electron chi connectivity index (χ2n) is 7.99. The van der Waals surface area contributed by atoms with Gasteiger partial charge in [0.25, 0.3) is 5.91 Å². The minimum absolute atomic E-state index is 0.0234. The van der Waals surface area contributed by atoms with Crippen LogP contribution >= 0.6 is 0 Å². The second-order valence-corrected chi connectivity index (χ2v) is 7.99. The number of ether oxygens (including phenoxy) is 2. The third-order valence-electron chi connectivity index (χ3n) is 5.90. The number of anilines is 3. The Morgan fingerprint density at radius 3 is 2.22 bits per heavy atom. The normalized spacial score (nSPS) is 16.6. The number of hydrogen-bond acceptors (Lipinski definition) is 6. The molecule has 0 radical (unpaired) electrons. The zero-order chi connectivity index (χ0) is 22.5. The summed E-state index contributed by atoms with van der Waals surface area (Å²) in [6, 6.07) is 13.5. The van der Waals surface area contributed by atoms with E-state index < -0.39 is 0 Å². The van der Waals surface area contributed by atoms with Crippen LogP contribution in [0.15, 0.2) is 42.5 Å². The van der Waals surface area contributed by atoms with Crippen LogP contribution in [0.4, 0.5) is 17.1 Å². The zero-order valence-electron chi connectivity index (χ0n) is 18.7. The van der Waals surface area contributed by atoms with Crippen LogP contribution in [0.3, 0.4) is 0 Å². The van der Waals surface area contributed by atoms with E-state index >= 15 is 0 Å². The minimum Gasteiger partial charge on any atom is -0.497 e. The summed E-state index contributed by atoms with van der Waals surface area (Å²) in [6.45, 7) is 7.02. The minimum atomic E-state index is -0.133. The summed E-state index contributed by atoms with van der Waals surface area (Å²) in [5, 5.41) is 2.82. The highest BCUT2D eigenvalue weighted by Crippen LogP contribution is 2.28. The first-order valence-electron chi connectivity index (χ1n) is 11.0. The summed E-state index contributed by atoms with van der Waals surface area (Å²) in [4.78, 5) is 31.3. The topological polar surface area (TPSA) is 74.4 Å². The van der Waals surface area contributed by atoms with Gasteiger partial charge in [0, 0.05) is 57.6 Å². The van der Waals surface area contributed by atoms with Crippen LogP contribution in [-0.4, -0.2) is 76.3 Å². The molecule has 2 heterocycles. The number of nitrogens with zero attached hydrogens (tertiary/aromatic N) is 3. The Morgan fingerprint density at radius 2 is 1.59 bits per heavy atom. The number of benzene rings is 2. The van der Waals surface area contributed by atoms with Crippen molar-refractivity contribution in [1.82, 2.24) is 4.90 Å². The highest BCUT2D eigenvalue weighted by atomic mass is 16.5. The summed E-state index contributed by atoms with van der Waals surface area (Å²) in [5.41, 5.74) is 3.34. The van der Waals surface area contributed by atoms with Crippen molar-refractivity contribution in [3.63, 3.8) is 0 Å². The molecule has 4 rings (SSSR count). The van der Waals surface area contributed by atoms with Crippen LogP contribution in [-0.2, 0) is 9.53 Å². The highest BCUT2D eigenvalue weighted by Gasteiger charge is 2.26. The van der Waals surface area contributed by atoms with E-state index in [9.17, 15) is 9.59 Å². The van der Waals surface area contributed by atoms with Gasteiger partial charge in [0.2, 0.25) is 5.91 Å². The fraction of sp³-hybridized carbons (Fsp3) is 0.417. The van der Waals surface area contributed by atoms with E-state index in [2.05, 4.69) is 15.1 Å². The van der Waals surface area contributed by atoms with Gasteiger partial charge in [-0.2, -0.15) is 0 Å². The van der Waals surface area contributed by atoms with Gasteiger partial charge in [-0.05, 0) is 42.5 Å². The molecule has 0 bridgehead atoms. The van der Waals surface area contributed by atoms with Crippen LogP contribution in [0.5, 0.6) is 5.75 Å². The first-order valence-corrected chi connectivity index (χ1v) is 11.0. The number of rotatable bonds is 5. The Balaban J connectivity index is 1.49. The lowest BCUT2D eigenvalue weighted by Gasteiger charge is -2.37. The number of piperazine rings is 1. The summed E-state index contributed by atoms with van der Waals surface area (Å²) >= 11 is 0. The molecular formula is C24H30N4O4. The molecule has 2 aromatic carbocycles. The maximum atomic E-state index is 13.5. The number of amides is 2. The van der Waals surface area contributed by atoms with Crippen LogP contribution < -0.4 is 19.9 Å². The van der Waals surface area contributed by atoms with Crippen molar-refractivity contribution in [1.29, 1.82) is 0 Å². The SMILES string of the molecule is COc1ccc(N2CCN(C(=O)c3ccc(NC(C)=O)cc3N3CCOCC3)CC2)cc1. The Bertz CT molecular complexity index is 949. The molecule has 2 aromatic rings. The van der Waals surface area contributed by atoms with Crippen LogP contribution in [0.2, 0.25) is 0 Å². The molecule has 0 unspecified atom stereocenters. The van der Waals surface area contributed by atoms with E-state index in [4.69, 9.17) is 9.47 Å². The van der Waals surface area contributed by atoms with Gasteiger partial charge < -0.3 is 29.5 Å². The molecule has 0 aliphatic carbocycles. The molecule has 2 amide bonds. The average molecular weight is 439 g/mol. The predicted molar refractivity (Wildman–Crippen MR) is 125 cm³/mol. The smallest absolute Gasteiger partial charge is 0.256 e. The largest absolute Gasteiger partial charge is 0.497 e. The van der Waals surface area contributed by atoms with E-state index in [1.54, 1.807) is 13.2 Å². The van der Waals surface area contributed by atoms with E-state index in [0.717, 1.165) is 43.3 Å². The molecule has 2 fully saturated rings. The van der Waals surface area contributed by atoms with Crippen LogP contribution in [0.1, 0.15) is 17.3 Å². The van der Waals surface area contributed by atoms with Crippen molar-refractivity contribution in [2.24, 2.45) is 0 Å². The zero-order valence-corrected chi connectivity index (χ0v) is 18.7. The first kappa shape index (κ1) is 22.0. The van der Waals surface area contributed by atoms with Crippen molar-refractivity contribution in [3.05, 3.63) is 48.0 Å². The molecule has 1 N–H and O–H groups in total. The van der Waals surface area contributed by atoms with Gasteiger partial charge in [-0.25, -0.2) is 0 Å². The lowest BCUT2D eigenvalue weighted by Crippen LogP contribution is -2.49. The Kier molecular flexibility index (Phi) is 6.80. The number of methoxy groups -OCH3 is 1. The highest BCUT2D eigenvalue weighted by molar-refractivity contribution is 6.01. The van der Waals surface area contributed by atoms with Gasteiger partial charge >= 0.3 is 0 Å². The Hall–Kier alpha value is -3.26. The molecule has 0 atom stereocenters. The van der Waals surface area contributed by atoms with Crippen molar-refractivity contribution < 1.29 is 19.1 Å². The molecule has 2 saturated heterocycles. The van der Waals surface area contributed by atoms with E-state index in [1.807, 2.05) is 41.3 Å². The third-order valence-corrected chi connectivity index (χ3v) is 5.90. The van der Waals surface area contributed by atoms with Gasteiger partial charge in [-0.3, -0.25) is 9.59 Å². The van der Waals surface area contributed by atoms with Gasteiger partial charge in [0.15, 0.2) is 0 Å². The van der Waals surface area contributed by atoms with Gasteiger partial charge in [-0.15, -0.1) is 0 Å². The average Bonchev–Trinajstić information content (AvgIpc) is 2.84. The van der Waals surface area contributed by atoms with Crippen LogP contribution in [0, 0.1) is 0 Å². The number of morpholine rings is 1. The summed E-state index contributed by atoms with van der Waals surface area (Å²) in [5.74, 6) is 0.725. The molecule has 2 aliphatic rings. The standard InChI is InChI=1S/C24H30N4O4/c1-18(29)25-19-3-8-22(23(17-19)27-13-15-32-16-14-27)24(30)28-11-9-26(10-12-28)20-4-6-21(31-2)7-5-20/h3-8,17H,9-16H2,1-2H3,(H,25,29). The summed E-state index contributed by atoms with van der Waals surface area (Å²) in [7, 11) is 1.66. The maximum absolute atomic E-state index is 13.5. The molecule has 0 aromatic heterocycles. The van der Waals surface area contributed by atoms with Gasteiger partial charge in [0.05, 0.1) is 31.6 Å². The number of hydrogen-bond donors (Lipinski definition) is 1. The molecule has 0 saturated carbocycles. The van der Waals surface area contributed by atoms with E-state index in [1.165, 1.54) is 6.92 Å². The quantitative estimate of drug-likeness (QED) is 0.773. The molecule has 0 spiro atoms. The fourth-order valence-electron chi connectivity index (χ4n) is 4.19. The van der Waals surface area contributed by atoms with Gasteiger partial charge in [0.1, 0.15) is 5.75 Å². The monoisotopic (exact) mass is 438 g/mol. The Morgan fingerprint density at radius 1 is 0.906 bits per heavy atom. The lowest BCUT2D eigenvalue weighted by atomic mass is 10.1. The van der Waals surface area contributed by atoms with Crippen molar-refractivity contribution >= 4 is 28.9 Å². The molecule has 8 nitrogen and oxygen atoms in total. The number of carbonyl (C=O) groups is 2. The molecular weight excluding hydrogens is 408 g/mol. The fourth-order valence-corrected chi connectivity index (χ4v) is 4.19. The predicted octanol–water partition coefficient (Wildman–Crippen LogP) is 2.45. The summed E-state index contributed by atoms with van der Waals surface area (Å²) in [6.07, 6.45) is 0. The van der Waals surface area contributed by atoms with Crippen molar-refractivity contribution in [3.8, 4) is 5.75 Å². The van der Waals surface area contributed by atoms with E-state index in [0.29, 0.717) is 37.6 Å². The molecule has 2 aliphatic heterocycles. The van der Waals surface area contributed by atoms with E-state index in [-0.39, 0.29) is 11.8 Å². The summed E-state index contributed by atoms with van der Waals surface area (Å²) < 4.78 is 10.7. The lowest BCUT2D eigenvalue weighted by molar-refractivity contribution is -0.114. The maximum Gasteiger partial charge on any atom is 0.256 e. The third kappa shape index (κ3) is 4.96. The van der Waals surface area contributed by atoms with Gasteiger partial charge in [-0.1, -0.05) is 0 Å². The molecule has 8 heteroatoms. The van der Waals surface area contributed by atoms with Crippen molar-refractivity contribution in [2.45, 2.75) is 6.92 Å². The number of carbonyl (C=O) groups excluding carboxylic acids is 2. The number of nitrogens with one attached hydrogen (secondary N) is 1. The Labute approximate surface area is 188 Å². The van der Waals surface area contributed by atoms with Crippen molar-refractivity contribution in [2.75, 3.05) is 74.7 Å².